The summed E-state index contributed by atoms with van der Waals surface area (Å²) in [6, 6.07) is 4.76. The summed E-state index contributed by atoms with van der Waals surface area (Å²) in [5, 5.41) is 23.1. The van der Waals surface area contributed by atoms with Gasteiger partial charge in [0.25, 0.3) is 0 Å². The van der Waals surface area contributed by atoms with Crippen LogP contribution in [-0.4, -0.2) is 23.0 Å². The molecule has 0 aliphatic carbocycles. The van der Waals surface area contributed by atoms with Gasteiger partial charge in [-0.25, -0.2) is 0 Å². The molecule has 1 rings (SSSR count). The van der Waals surface area contributed by atoms with Crippen LogP contribution in [0.5, 0.6) is 11.5 Å². The average Bonchev–Trinajstić information content (AvgIpc) is 2.58. The molecule has 4 heteroatoms. The fourth-order valence-corrected chi connectivity index (χ4v) is 2.84. The molecule has 0 bridgehead atoms. The number of benzene rings is 1. The van der Waals surface area contributed by atoms with Crippen molar-refractivity contribution in [1.82, 2.24) is 0 Å². The predicted molar refractivity (Wildman–Crippen MR) is 99.8 cm³/mol. The molecule has 0 amide bonds. The average molecular weight is 335 g/mol. The molecule has 0 radical (unpaired) electrons. The Bertz CT molecular complexity index is 486. The molecule has 0 spiro atoms. The summed E-state index contributed by atoms with van der Waals surface area (Å²) in [4.78, 5) is 4.91. The van der Waals surface area contributed by atoms with Crippen LogP contribution in [0.2, 0.25) is 0 Å². The summed E-state index contributed by atoms with van der Waals surface area (Å²) in [7, 11) is 1.53. The SMILES string of the molecule is CCCCCCCCCCCC/C(=N/OC)c1ccc(O)c(O)c1. The first kappa shape index (κ1) is 20.3. The number of unbranched alkanes of at least 4 members (excludes halogenated alkanes) is 9. The number of phenolic OH excluding ortho intramolecular Hbond substituents is 2. The first-order chi connectivity index (χ1) is 11.7. The van der Waals surface area contributed by atoms with Crippen LogP contribution in [0.1, 0.15) is 83.1 Å². The smallest absolute Gasteiger partial charge is 0.158 e. The van der Waals surface area contributed by atoms with E-state index in [1.807, 2.05) is 0 Å². The molecule has 0 fully saturated rings. The summed E-state index contributed by atoms with van der Waals surface area (Å²) < 4.78 is 0. The molecule has 0 heterocycles. The number of phenols is 2. The number of aromatic hydroxyl groups is 2. The van der Waals surface area contributed by atoms with Gasteiger partial charge < -0.3 is 15.1 Å². The van der Waals surface area contributed by atoms with E-state index in [-0.39, 0.29) is 11.5 Å². The standard InChI is InChI=1S/C20H33NO3/c1-3-4-5-6-7-8-9-10-11-12-13-18(21-24-2)17-14-15-19(22)20(23)16-17/h14-16,22-23H,3-13H2,1-2H3/b21-18-. The topological polar surface area (TPSA) is 62.0 Å². The Kier molecular flexibility index (Phi) is 10.7. The van der Waals surface area contributed by atoms with Crippen molar-refractivity contribution in [2.75, 3.05) is 7.11 Å². The van der Waals surface area contributed by atoms with Crippen molar-refractivity contribution < 1.29 is 15.1 Å². The van der Waals surface area contributed by atoms with Crippen LogP contribution in [0.4, 0.5) is 0 Å². The lowest BCUT2D eigenvalue weighted by Crippen LogP contribution is -2.02. The zero-order valence-corrected chi connectivity index (χ0v) is 15.3. The summed E-state index contributed by atoms with van der Waals surface area (Å²) in [5.74, 6) is -0.242. The van der Waals surface area contributed by atoms with Crippen LogP contribution >= 0.6 is 0 Å². The van der Waals surface area contributed by atoms with E-state index in [1.165, 1.54) is 77.0 Å². The second-order valence-electron chi connectivity index (χ2n) is 6.36. The summed E-state index contributed by atoms with van der Waals surface area (Å²) in [5.41, 5.74) is 1.61. The lowest BCUT2D eigenvalue weighted by atomic mass is 10.0. The van der Waals surface area contributed by atoms with Crippen molar-refractivity contribution in [3.05, 3.63) is 23.8 Å². The third-order valence-electron chi connectivity index (χ3n) is 4.28. The number of hydrogen-bond donors (Lipinski definition) is 2. The summed E-state index contributed by atoms with van der Waals surface area (Å²) in [6.45, 7) is 2.25. The number of hydrogen-bond acceptors (Lipinski definition) is 4. The van der Waals surface area contributed by atoms with E-state index < -0.39 is 0 Å². The molecule has 2 N–H and O–H groups in total. The highest BCUT2D eigenvalue weighted by Crippen LogP contribution is 2.26. The van der Waals surface area contributed by atoms with E-state index in [0.717, 1.165) is 24.1 Å². The normalized spacial score (nSPS) is 11.7. The maximum atomic E-state index is 9.62. The molecule has 0 unspecified atom stereocenters. The van der Waals surface area contributed by atoms with Gasteiger partial charge in [-0.3, -0.25) is 0 Å². The molecule has 0 atom stereocenters. The van der Waals surface area contributed by atoms with Gasteiger partial charge in [0.2, 0.25) is 0 Å². The monoisotopic (exact) mass is 335 g/mol. The zero-order chi connectivity index (χ0) is 17.6. The van der Waals surface area contributed by atoms with Crippen molar-refractivity contribution in [3.63, 3.8) is 0 Å². The molecule has 1 aromatic carbocycles. The largest absolute Gasteiger partial charge is 0.504 e. The number of oxime groups is 1. The van der Waals surface area contributed by atoms with Crippen LogP contribution in [0, 0.1) is 0 Å². The molecular formula is C20H33NO3. The van der Waals surface area contributed by atoms with Crippen LogP contribution < -0.4 is 0 Å². The minimum absolute atomic E-state index is 0.116. The molecular weight excluding hydrogens is 302 g/mol. The van der Waals surface area contributed by atoms with Gasteiger partial charge in [0.15, 0.2) is 11.5 Å². The molecule has 0 aliphatic rings. The van der Waals surface area contributed by atoms with Crippen molar-refractivity contribution in [1.29, 1.82) is 0 Å². The van der Waals surface area contributed by atoms with Crippen molar-refractivity contribution in [2.24, 2.45) is 5.16 Å². The van der Waals surface area contributed by atoms with Crippen molar-refractivity contribution >= 4 is 5.71 Å². The van der Waals surface area contributed by atoms with Crippen molar-refractivity contribution in [3.8, 4) is 11.5 Å². The Hall–Kier alpha value is -1.71. The molecule has 0 aromatic heterocycles. The van der Waals surface area contributed by atoms with Gasteiger partial charge in [-0.05, 0) is 31.0 Å². The van der Waals surface area contributed by atoms with Crippen LogP contribution in [-0.2, 0) is 4.84 Å². The Morgan fingerprint density at radius 2 is 1.46 bits per heavy atom. The van der Waals surface area contributed by atoms with Gasteiger partial charge in [0.05, 0.1) is 5.71 Å². The molecule has 24 heavy (non-hydrogen) atoms. The third-order valence-corrected chi connectivity index (χ3v) is 4.28. The van der Waals surface area contributed by atoms with E-state index in [1.54, 1.807) is 6.07 Å². The quantitative estimate of drug-likeness (QED) is 0.208. The lowest BCUT2D eigenvalue weighted by molar-refractivity contribution is 0.212. The first-order valence-electron chi connectivity index (χ1n) is 9.31. The maximum absolute atomic E-state index is 9.62. The van der Waals surface area contributed by atoms with Crippen LogP contribution in [0.25, 0.3) is 0 Å². The lowest BCUT2D eigenvalue weighted by Gasteiger charge is -2.07. The van der Waals surface area contributed by atoms with Crippen LogP contribution in [0.3, 0.4) is 0 Å². The Labute approximate surface area is 146 Å². The minimum atomic E-state index is -0.126. The fraction of sp³-hybridized carbons (Fsp3) is 0.650. The van der Waals surface area contributed by atoms with Gasteiger partial charge >= 0.3 is 0 Å². The van der Waals surface area contributed by atoms with E-state index >= 15 is 0 Å². The zero-order valence-electron chi connectivity index (χ0n) is 15.3. The second-order valence-corrected chi connectivity index (χ2v) is 6.36. The molecule has 4 nitrogen and oxygen atoms in total. The van der Waals surface area contributed by atoms with E-state index in [2.05, 4.69) is 12.1 Å². The van der Waals surface area contributed by atoms with Crippen LogP contribution in [0.15, 0.2) is 23.4 Å². The molecule has 0 aliphatic heterocycles. The molecule has 136 valence electrons. The first-order valence-corrected chi connectivity index (χ1v) is 9.31. The number of nitrogens with zero attached hydrogens (tertiary/aromatic N) is 1. The van der Waals surface area contributed by atoms with Gasteiger partial charge in [0.1, 0.15) is 7.11 Å². The third kappa shape index (κ3) is 8.23. The molecule has 0 saturated heterocycles. The van der Waals surface area contributed by atoms with E-state index in [9.17, 15) is 10.2 Å². The summed E-state index contributed by atoms with van der Waals surface area (Å²) in [6.07, 6.45) is 13.8. The molecule has 1 aromatic rings. The highest BCUT2D eigenvalue weighted by molar-refractivity contribution is 6.00. The van der Waals surface area contributed by atoms with Gasteiger partial charge in [-0.15, -0.1) is 0 Å². The van der Waals surface area contributed by atoms with Crippen molar-refractivity contribution in [2.45, 2.75) is 77.6 Å². The Morgan fingerprint density at radius 1 is 0.875 bits per heavy atom. The highest BCUT2D eigenvalue weighted by Gasteiger charge is 2.08. The molecule has 0 saturated carbocycles. The summed E-state index contributed by atoms with van der Waals surface area (Å²) >= 11 is 0. The van der Waals surface area contributed by atoms with Gasteiger partial charge in [0, 0.05) is 5.56 Å². The van der Waals surface area contributed by atoms with E-state index in [0.29, 0.717) is 0 Å². The Morgan fingerprint density at radius 3 is 2.00 bits per heavy atom. The predicted octanol–water partition coefficient (Wildman–Crippen LogP) is 5.76. The number of rotatable bonds is 13. The van der Waals surface area contributed by atoms with E-state index in [4.69, 9.17) is 4.84 Å². The fourth-order valence-electron chi connectivity index (χ4n) is 2.84. The van der Waals surface area contributed by atoms with Gasteiger partial charge in [-0.1, -0.05) is 69.9 Å². The highest BCUT2D eigenvalue weighted by atomic mass is 16.6. The minimum Gasteiger partial charge on any atom is -0.504 e. The second kappa shape index (κ2) is 12.7. The Balaban J connectivity index is 2.23. The maximum Gasteiger partial charge on any atom is 0.158 e. The van der Waals surface area contributed by atoms with Gasteiger partial charge in [-0.2, -0.15) is 0 Å².